The lowest BCUT2D eigenvalue weighted by molar-refractivity contribution is 0.672. The van der Waals surface area contributed by atoms with Gasteiger partial charge >= 0.3 is 0 Å². The van der Waals surface area contributed by atoms with Gasteiger partial charge in [-0.15, -0.1) is 0 Å². The summed E-state index contributed by atoms with van der Waals surface area (Å²) in [6, 6.07) is 71.8. The summed E-state index contributed by atoms with van der Waals surface area (Å²) in [5.74, 6) is 0. The fraction of sp³-hybridized carbons (Fsp3) is 0. The molecule has 10 aromatic rings. The van der Waals surface area contributed by atoms with Crippen molar-refractivity contribution >= 4 is 60.5 Å². The minimum atomic E-state index is 0.863. The number of benzene rings is 9. The number of anilines is 3. The number of rotatable bonds is 6. The minimum absolute atomic E-state index is 0.863. The van der Waals surface area contributed by atoms with E-state index in [0.29, 0.717) is 0 Å². The summed E-state index contributed by atoms with van der Waals surface area (Å²) in [6.07, 6.45) is 0. The van der Waals surface area contributed by atoms with E-state index in [1.165, 1.54) is 32.8 Å². The van der Waals surface area contributed by atoms with Gasteiger partial charge in [0.2, 0.25) is 0 Å². The summed E-state index contributed by atoms with van der Waals surface area (Å²) in [7, 11) is 0. The molecule has 10 rings (SSSR count). The summed E-state index contributed by atoms with van der Waals surface area (Å²) < 4.78 is 6.72. The molecular formula is C50H33NO. The summed E-state index contributed by atoms with van der Waals surface area (Å²) in [4.78, 5) is 2.41. The molecule has 0 radical (unpaired) electrons. The molecule has 0 aliphatic rings. The van der Waals surface area contributed by atoms with Crippen LogP contribution < -0.4 is 4.90 Å². The fourth-order valence-corrected chi connectivity index (χ4v) is 7.68. The molecule has 0 atom stereocenters. The highest BCUT2D eigenvalue weighted by Gasteiger charge is 2.22. The Morgan fingerprint density at radius 3 is 1.69 bits per heavy atom. The van der Waals surface area contributed by atoms with Gasteiger partial charge in [0.1, 0.15) is 11.2 Å². The van der Waals surface area contributed by atoms with Gasteiger partial charge in [-0.25, -0.2) is 0 Å². The average Bonchev–Trinajstić information content (AvgIpc) is 3.62. The van der Waals surface area contributed by atoms with Crippen molar-refractivity contribution in [3.8, 4) is 33.4 Å². The van der Waals surface area contributed by atoms with Gasteiger partial charge in [0, 0.05) is 22.1 Å². The second-order valence-corrected chi connectivity index (χ2v) is 13.4. The van der Waals surface area contributed by atoms with E-state index in [1.807, 2.05) is 0 Å². The third-order valence-electron chi connectivity index (χ3n) is 10.2. The fourth-order valence-electron chi connectivity index (χ4n) is 7.68. The molecule has 2 nitrogen and oxygen atoms in total. The van der Waals surface area contributed by atoms with E-state index >= 15 is 0 Å². The van der Waals surface area contributed by atoms with E-state index in [2.05, 4.69) is 205 Å². The second kappa shape index (κ2) is 12.5. The van der Waals surface area contributed by atoms with Gasteiger partial charge in [-0.2, -0.15) is 0 Å². The predicted octanol–water partition coefficient (Wildman–Crippen LogP) is 14.4. The van der Waals surface area contributed by atoms with Crippen LogP contribution in [-0.2, 0) is 0 Å². The van der Waals surface area contributed by atoms with Gasteiger partial charge in [0.15, 0.2) is 0 Å². The molecule has 2 heteroatoms. The van der Waals surface area contributed by atoms with Gasteiger partial charge in [-0.1, -0.05) is 146 Å². The maximum absolute atomic E-state index is 6.72. The molecule has 0 aliphatic heterocycles. The monoisotopic (exact) mass is 663 g/mol. The standard InChI is InChI=1S/C50H33NO/c1-3-13-34(14-4-1)41-30-42(35-15-5-2-6-16-35)33-44(32-41)51(43-21-11-20-39(31-43)40-26-25-36-17-7-8-19-38(36)29-40)47-23-12-24-48-49(47)46-28-27-37-18-9-10-22-45(37)50(46)52-48/h1-33H. The van der Waals surface area contributed by atoms with Crippen LogP contribution in [-0.4, -0.2) is 0 Å². The highest BCUT2D eigenvalue weighted by molar-refractivity contribution is 6.19. The molecule has 0 aliphatic carbocycles. The Hall–Kier alpha value is -6.90. The number of hydrogen-bond donors (Lipinski definition) is 0. The molecule has 0 unspecified atom stereocenters. The van der Waals surface area contributed by atoms with E-state index in [0.717, 1.165) is 61.1 Å². The maximum atomic E-state index is 6.72. The van der Waals surface area contributed by atoms with E-state index in [4.69, 9.17) is 4.42 Å². The zero-order valence-electron chi connectivity index (χ0n) is 28.4. The predicted molar refractivity (Wildman–Crippen MR) is 220 cm³/mol. The topological polar surface area (TPSA) is 16.4 Å². The van der Waals surface area contributed by atoms with Gasteiger partial charge in [-0.3, -0.25) is 0 Å². The molecule has 9 aromatic carbocycles. The SMILES string of the molecule is c1ccc(-c2cc(-c3ccccc3)cc(N(c3cccc(-c4ccc5ccccc5c4)c3)c3cccc4oc5c6ccccc6ccc5c34)c2)cc1. The molecule has 0 N–H and O–H groups in total. The number of fused-ring (bicyclic) bond motifs is 6. The van der Waals surface area contributed by atoms with E-state index in [-0.39, 0.29) is 0 Å². The van der Waals surface area contributed by atoms with E-state index < -0.39 is 0 Å². The number of hydrogen-bond acceptors (Lipinski definition) is 2. The van der Waals surface area contributed by atoms with Crippen LogP contribution in [0.3, 0.4) is 0 Å². The van der Waals surface area contributed by atoms with Crippen molar-refractivity contribution in [2.45, 2.75) is 0 Å². The Morgan fingerprint density at radius 2 is 0.923 bits per heavy atom. The van der Waals surface area contributed by atoms with Crippen LogP contribution in [0, 0.1) is 0 Å². The Morgan fingerprint density at radius 1 is 0.327 bits per heavy atom. The van der Waals surface area contributed by atoms with Crippen molar-refractivity contribution in [1.82, 2.24) is 0 Å². The smallest absolute Gasteiger partial charge is 0.143 e. The number of nitrogens with zero attached hydrogens (tertiary/aromatic N) is 1. The minimum Gasteiger partial charge on any atom is -0.455 e. The highest BCUT2D eigenvalue weighted by Crippen LogP contribution is 2.46. The third-order valence-corrected chi connectivity index (χ3v) is 10.2. The third kappa shape index (κ3) is 5.21. The summed E-state index contributed by atoms with van der Waals surface area (Å²) in [5.41, 5.74) is 12.0. The lowest BCUT2D eigenvalue weighted by atomic mass is 9.96. The number of furan rings is 1. The van der Waals surface area contributed by atoms with Crippen LogP contribution in [0.2, 0.25) is 0 Å². The van der Waals surface area contributed by atoms with Crippen LogP contribution in [0.15, 0.2) is 205 Å². The largest absolute Gasteiger partial charge is 0.455 e. The maximum Gasteiger partial charge on any atom is 0.143 e. The van der Waals surface area contributed by atoms with Crippen molar-refractivity contribution in [1.29, 1.82) is 0 Å². The second-order valence-electron chi connectivity index (χ2n) is 13.4. The zero-order valence-corrected chi connectivity index (χ0v) is 28.4. The van der Waals surface area contributed by atoms with Gasteiger partial charge in [0.25, 0.3) is 0 Å². The summed E-state index contributed by atoms with van der Waals surface area (Å²) in [6.45, 7) is 0. The first-order chi connectivity index (χ1) is 25.8. The van der Waals surface area contributed by atoms with Crippen molar-refractivity contribution in [2.75, 3.05) is 4.90 Å². The normalized spacial score (nSPS) is 11.5. The molecule has 0 saturated heterocycles. The molecule has 1 aromatic heterocycles. The van der Waals surface area contributed by atoms with Crippen LogP contribution >= 0.6 is 0 Å². The molecule has 0 fully saturated rings. The van der Waals surface area contributed by atoms with Gasteiger partial charge in [0.05, 0.1) is 11.1 Å². The van der Waals surface area contributed by atoms with Crippen molar-refractivity contribution in [2.24, 2.45) is 0 Å². The summed E-state index contributed by atoms with van der Waals surface area (Å²) in [5, 5.41) is 6.93. The first kappa shape index (κ1) is 30.0. The average molecular weight is 664 g/mol. The molecule has 244 valence electrons. The van der Waals surface area contributed by atoms with E-state index in [9.17, 15) is 0 Å². The van der Waals surface area contributed by atoms with Crippen LogP contribution in [0.4, 0.5) is 17.1 Å². The molecule has 52 heavy (non-hydrogen) atoms. The zero-order chi connectivity index (χ0) is 34.4. The van der Waals surface area contributed by atoms with E-state index in [1.54, 1.807) is 0 Å². The Labute approximate surface area is 302 Å². The van der Waals surface area contributed by atoms with Gasteiger partial charge < -0.3 is 9.32 Å². The lowest BCUT2D eigenvalue weighted by Crippen LogP contribution is -2.11. The van der Waals surface area contributed by atoms with Crippen LogP contribution in [0.25, 0.3) is 76.9 Å². The first-order valence-corrected chi connectivity index (χ1v) is 17.8. The molecular weight excluding hydrogens is 631 g/mol. The summed E-state index contributed by atoms with van der Waals surface area (Å²) >= 11 is 0. The first-order valence-electron chi connectivity index (χ1n) is 17.8. The Balaban J connectivity index is 1.26. The van der Waals surface area contributed by atoms with Gasteiger partial charge in [-0.05, 0) is 104 Å². The van der Waals surface area contributed by atoms with Crippen molar-refractivity contribution in [3.63, 3.8) is 0 Å². The highest BCUT2D eigenvalue weighted by atomic mass is 16.3. The van der Waals surface area contributed by atoms with Crippen LogP contribution in [0.1, 0.15) is 0 Å². The molecule has 0 bridgehead atoms. The molecule has 1 heterocycles. The Kier molecular flexibility index (Phi) is 7.18. The van der Waals surface area contributed by atoms with Crippen molar-refractivity contribution in [3.05, 3.63) is 200 Å². The quantitative estimate of drug-likeness (QED) is 0.176. The molecule has 0 spiro atoms. The Bertz CT molecular complexity index is 2850. The van der Waals surface area contributed by atoms with Crippen LogP contribution in [0.5, 0.6) is 0 Å². The van der Waals surface area contributed by atoms with Crippen molar-refractivity contribution < 1.29 is 4.42 Å². The molecule has 0 saturated carbocycles. The lowest BCUT2D eigenvalue weighted by Gasteiger charge is -2.28. The molecule has 0 amide bonds.